The molecule has 0 saturated heterocycles. The molecule has 0 rings (SSSR count). The van der Waals surface area contributed by atoms with Gasteiger partial charge >= 0.3 is 16.3 Å². The van der Waals surface area contributed by atoms with Crippen molar-refractivity contribution in [2.45, 2.75) is 46.5 Å². The number of hydrogen-bond donors (Lipinski definition) is 0. The van der Waals surface area contributed by atoms with Gasteiger partial charge in [0.15, 0.2) is 0 Å². The number of rotatable bonds is 9. The molecule has 1 unspecified atom stereocenters. The average molecular weight is 489 g/mol. The summed E-state index contributed by atoms with van der Waals surface area (Å²) >= 11 is 17.6. The fourth-order valence-corrected chi connectivity index (χ4v) is 1.72. The molecule has 0 amide bonds. The maximum atomic E-state index is 10.3. The van der Waals surface area contributed by atoms with Gasteiger partial charge in [-0.1, -0.05) is 49.0 Å². The first-order chi connectivity index (χ1) is 11.7. The lowest BCUT2D eigenvalue weighted by atomic mass is 10.0. The number of hydrogen-bond acceptors (Lipinski definition) is 6. The Morgan fingerprint density at radius 1 is 0.920 bits per heavy atom. The van der Waals surface area contributed by atoms with Crippen molar-refractivity contribution in [3.05, 3.63) is 0 Å². The molecular formula is C15H26BrCl3O6. The van der Waals surface area contributed by atoms with Crippen LogP contribution in [-0.4, -0.2) is 41.4 Å². The monoisotopic (exact) mass is 486 g/mol. The molecule has 0 N–H and O–H groups in total. The van der Waals surface area contributed by atoms with Crippen LogP contribution in [0.5, 0.6) is 0 Å². The molecule has 1 atom stereocenters. The lowest BCUT2D eigenvalue weighted by Gasteiger charge is -2.12. The number of carbonyl (C=O) groups excluding carboxylic acids is 3. The van der Waals surface area contributed by atoms with Crippen LogP contribution in [0.15, 0.2) is 0 Å². The van der Waals surface area contributed by atoms with E-state index < -0.39 is 16.3 Å². The largest absolute Gasteiger partial charge is 0.454 e. The Morgan fingerprint density at radius 3 is 1.68 bits per heavy atom. The summed E-state index contributed by atoms with van der Waals surface area (Å²) in [6.45, 7) is 7.10. The van der Waals surface area contributed by atoms with Gasteiger partial charge in [-0.3, -0.25) is 0 Å². The molecule has 0 aliphatic heterocycles. The normalized spacial score (nSPS) is 10.2. The van der Waals surface area contributed by atoms with Crippen molar-refractivity contribution in [1.82, 2.24) is 0 Å². The summed E-state index contributed by atoms with van der Waals surface area (Å²) in [7, 11) is 0. The van der Waals surface area contributed by atoms with E-state index in [0.29, 0.717) is 31.1 Å². The molecule has 0 heterocycles. The van der Waals surface area contributed by atoms with Crippen LogP contribution in [0, 0.1) is 5.92 Å². The molecule has 0 fully saturated rings. The molecule has 0 saturated carbocycles. The van der Waals surface area contributed by atoms with Crippen LogP contribution in [0.25, 0.3) is 0 Å². The van der Waals surface area contributed by atoms with Gasteiger partial charge in [-0.15, -0.1) is 0 Å². The van der Waals surface area contributed by atoms with Gasteiger partial charge in [0.2, 0.25) is 0 Å². The molecule has 10 heteroatoms. The molecule has 150 valence electrons. The second-order valence-corrected chi connectivity index (χ2v) is 6.13. The summed E-state index contributed by atoms with van der Waals surface area (Å²) in [4.78, 5) is 29.6. The highest BCUT2D eigenvalue weighted by molar-refractivity contribution is 9.09. The van der Waals surface area contributed by atoms with E-state index in [1.54, 1.807) is 6.92 Å². The Hall–Kier alpha value is -0.240. The molecule has 0 aromatic carbocycles. The maximum Gasteiger partial charge on any atom is 0.403 e. The third-order valence-corrected chi connectivity index (χ3v) is 3.18. The molecule has 25 heavy (non-hydrogen) atoms. The predicted molar refractivity (Wildman–Crippen MR) is 104 cm³/mol. The van der Waals surface area contributed by atoms with Crippen LogP contribution in [-0.2, 0) is 14.2 Å². The van der Waals surface area contributed by atoms with Crippen molar-refractivity contribution in [2.75, 3.05) is 25.2 Å². The highest BCUT2D eigenvalue weighted by Gasteiger charge is 2.07. The summed E-state index contributed by atoms with van der Waals surface area (Å²) in [5, 5.41) is 0.630. The first kappa shape index (κ1) is 29.5. The zero-order valence-corrected chi connectivity index (χ0v) is 18.5. The van der Waals surface area contributed by atoms with Crippen molar-refractivity contribution >= 4 is 67.0 Å². The second-order valence-electron chi connectivity index (χ2n) is 4.41. The van der Waals surface area contributed by atoms with Crippen LogP contribution in [0.3, 0.4) is 0 Å². The van der Waals surface area contributed by atoms with Crippen molar-refractivity contribution in [3.63, 3.8) is 0 Å². The van der Waals surface area contributed by atoms with Crippen molar-refractivity contribution in [1.29, 1.82) is 0 Å². The van der Waals surface area contributed by atoms with Crippen LogP contribution in [0.4, 0.5) is 14.4 Å². The number of halogens is 4. The van der Waals surface area contributed by atoms with E-state index in [0.717, 1.165) is 12.8 Å². The standard InChI is InChI=1S/C9H17ClO2.C3H4BrClO2.C3H5ClO2/c1-3-5-6-8(4-2)7-12-9(10)11;4-1-2-7-3(5)6;1-2-6-3(4)5/h8H,3-7H2,1-2H3;1-2H2;2H2,1H3. The minimum absolute atomic E-state index is 0.336. The van der Waals surface area contributed by atoms with E-state index in [9.17, 15) is 14.4 Å². The first-order valence-corrected chi connectivity index (χ1v) is 10.0. The molecule has 0 aliphatic rings. The Balaban J connectivity index is -0.000000317. The Morgan fingerprint density at radius 2 is 1.44 bits per heavy atom. The molecule has 6 nitrogen and oxygen atoms in total. The van der Waals surface area contributed by atoms with Gasteiger partial charge in [-0.05, 0) is 19.3 Å². The Kier molecular flexibility index (Phi) is 28.1. The smallest absolute Gasteiger partial charge is 0.403 e. The zero-order valence-electron chi connectivity index (χ0n) is 14.7. The maximum absolute atomic E-state index is 10.3. The number of unbranched alkanes of at least 4 members (excludes halogenated alkanes) is 1. The second kappa shape index (κ2) is 23.8. The van der Waals surface area contributed by atoms with Crippen LogP contribution in [0.1, 0.15) is 46.5 Å². The molecule has 0 aromatic rings. The van der Waals surface area contributed by atoms with Crippen molar-refractivity contribution < 1.29 is 28.6 Å². The quantitative estimate of drug-likeness (QED) is 0.204. The molecule has 0 radical (unpaired) electrons. The average Bonchev–Trinajstić information content (AvgIpc) is 2.54. The van der Waals surface area contributed by atoms with Crippen LogP contribution < -0.4 is 0 Å². The van der Waals surface area contributed by atoms with E-state index in [2.05, 4.69) is 39.3 Å². The number of carbonyl (C=O) groups is 3. The molecule has 0 aliphatic carbocycles. The Bertz CT molecular complexity index is 345. The fraction of sp³-hybridized carbons (Fsp3) is 0.800. The van der Waals surface area contributed by atoms with Crippen LogP contribution in [0.2, 0.25) is 0 Å². The molecule has 0 spiro atoms. The minimum atomic E-state index is -0.751. The number of ether oxygens (including phenoxy) is 3. The summed E-state index contributed by atoms with van der Waals surface area (Å²) in [6.07, 6.45) is 4.55. The molecular weight excluding hydrogens is 462 g/mol. The SMILES string of the molecule is CCCCC(CC)COC(=O)Cl.CCOC(=O)Cl.O=C(Cl)OCCBr. The van der Waals surface area contributed by atoms with Crippen molar-refractivity contribution in [2.24, 2.45) is 5.92 Å². The van der Waals surface area contributed by atoms with Gasteiger partial charge in [0.05, 0.1) is 13.2 Å². The fourth-order valence-electron chi connectivity index (χ4n) is 1.31. The highest BCUT2D eigenvalue weighted by Crippen LogP contribution is 2.13. The van der Waals surface area contributed by atoms with Gasteiger partial charge in [0.1, 0.15) is 6.61 Å². The third-order valence-electron chi connectivity index (χ3n) is 2.53. The Labute approximate surface area is 172 Å². The van der Waals surface area contributed by atoms with E-state index >= 15 is 0 Å². The first-order valence-electron chi connectivity index (χ1n) is 7.77. The minimum Gasteiger partial charge on any atom is -0.454 e. The van der Waals surface area contributed by atoms with E-state index in [-0.39, 0.29) is 0 Å². The molecule has 0 aromatic heterocycles. The van der Waals surface area contributed by atoms with Crippen molar-refractivity contribution in [3.8, 4) is 0 Å². The lowest BCUT2D eigenvalue weighted by Crippen LogP contribution is -2.09. The summed E-state index contributed by atoms with van der Waals surface area (Å²) in [6, 6.07) is 0. The van der Waals surface area contributed by atoms with Gasteiger partial charge in [0, 0.05) is 40.1 Å². The van der Waals surface area contributed by atoms with Crippen LogP contribution >= 0.6 is 50.7 Å². The predicted octanol–water partition coefficient (Wildman–Crippen LogP) is 6.72. The number of alkyl halides is 1. The van der Waals surface area contributed by atoms with Gasteiger partial charge in [0.25, 0.3) is 0 Å². The van der Waals surface area contributed by atoms with Gasteiger partial charge in [-0.2, -0.15) is 0 Å². The summed E-state index contributed by atoms with van der Waals surface area (Å²) in [5.41, 5.74) is -2.18. The zero-order chi connectivity index (χ0) is 20.1. The lowest BCUT2D eigenvalue weighted by molar-refractivity contribution is 0.146. The summed E-state index contributed by atoms with van der Waals surface area (Å²) in [5.74, 6) is 0.479. The topological polar surface area (TPSA) is 78.9 Å². The van der Waals surface area contributed by atoms with Gasteiger partial charge in [-0.25, -0.2) is 14.4 Å². The third kappa shape index (κ3) is 35.7. The van der Waals surface area contributed by atoms with Gasteiger partial charge < -0.3 is 14.2 Å². The van der Waals surface area contributed by atoms with E-state index in [1.165, 1.54) is 12.8 Å². The highest BCUT2D eigenvalue weighted by atomic mass is 79.9. The summed E-state index contributed by atoms with van der Waals surface area (Å²) < 4.78 is 13.2. The molecule has 0 bridgehead atoms. The van der Waals surface area contributed by atoms with E-state index in [4.69, 9.17) is 39.5 Å². The van der Waals surface area contributed by atoms with E-state index in [1.807, 2.05) is 0 Å².